The molecule has 0 aromatic carbocycles. The summed E-state index contributed by atoms with van der Waals surface area (Å²) < 4.78 is 0. The molecule has 0 bridgehead atoms. The summed E-state index contributed by atoms with van der Waals surface area (Å²) in [6.07, 6.45) is 3.22. The summed E-state index contributed by atoms with van der Waals surface area (Å²) in [6, 6.07) is 0. The van der Waals surface area contributed by atoms with Crippen LogP contribution in [0.1, 0.15) is 19.8 Å². The van der Waals surface area contributed by atoms with Crippen LogP contribution in [0, 0.1) is 5.92 Å². The van der Waals surface area contributed by atoms with E-state index in [0.29, 0.717) is 6.42 Å². The quantitative estimate of drug-likeness (QED) is 0.369. The number of allylic oxidation sites excluding steroid dienone is 1. The first-order valence-corrected chi connectivity index (χ1v) is 3.67. The molecule has 0 saturated carbocycles. The van der Waals surface area contributed by atoms with E-state index in [0.717, 1.165) is 0 Å². The maximum absolute atomic E-state index is 10.4. The molecule has 0 spiro atoms. The molecule has 68 valence electrons. The fourth-order valence-corrected chi connectivity index (χ4v) is 0.718. The minimum atomic E-state index is -1.34. The molecule has 0 aromatic rings. The van der Waals surface area contributed by atoms with Crippen molar-refractivity contribution in [3.05, 3.63) is 12.2 Å². The van der Waals surface area contributed by atoms with Gasteiger partial charge in [-0.2, -0.15) is 0 Å². The van der Waals surface area contributed by atoms with Gasteiger partial charge in [0.1, 0.15) is 0 Å². The Bertz CT molecular complexity index is 200. The van der Waals surface area contributed by atoms with Gasteiger partial charge in [-0.25, -0.2) is 0 Å². The second-order valence-electron chi connectivity index (χ2n) is 2.36. The van der Waals surface area contributed by atoms with Crippen LogP contribution in [-0.4, -0.2) is 17.0 Å². The molecule has 0 fully saturated rings. The molecule has 0 amide bonds. The molecule has 5 heteroatoms. The normalized spacial score (nSPS) is 12.1. The summed E-state index contributed by atoms with van der Waals surface area (Å²) in [4.78, 5) is 20.5. The maximum Gasteiger partial charge on any atom is 1.00 e. The Morgan fingerprint density at radius 2 is 2.08 bits per heavy atom. The summed E-state index contributed by atoms with van der Waals surface area (Å²) in [7, 11) is 0. The number of hydrogen-bond acceptors (Lipinski definition) is 3. The van der Waals surface area contributed by atoms with Gasteiger partial charge in [0, 0.05) is 12.4 Å². The zero-order valence-electron chi connectivity index (χ0n) is 7.82. The van der Waals surface area contributed by atoms with Crippen molar-refractivity contribution >= 4 is 11.9 Å². The summed E-state index contributed by atoms with van der Waals surface area (Å²) in [5.74, 6) is -3.44. The van der Waals surface area contributed by atoms with Gasteiger partial charge >= 0.3 is 35.5 Å². The van der Waals surface area contributed by atoms with Gasteiger partial charge in [0.2, 0.25) is 0 Å². The molecular weight excluding hydrogens is 183 g/mol. The minimum absolute atomic E-state index is 0. The summed E-state index contributed by atoms with van der Waals surface area (Å²) >= 11 is 0. The predicted molar refractivity (Wildman–Crippen MR) is 40.2 cm³/mol. The molecule has 0 saturated heterocycles. The van der Waals surface area contributed by atoms with Crippen molar-refractivity contribution in [2.45, 2.75) is 19.8 Å². The minimum Gasteiger partial charge on any atom is -0.550 e. The molecule has 1 atom stereocenters. The monoisotopic (exact) mass is 194 g/mol. The van der Waals surface area contributed by atoms with E-state index < -0.39 is 24.3 Å². The molecule has 0 aromatic heterocycles. The van der Waals surface area contributed by atoms with Crippen LogP contribution in [0.15, 0.2) is 12.2 Å². The average molecular weight is 194 g/mol. The van der Waals surface area contributed by atoms with E-state index in [9.17, 15) is 14.7 Å². The largest absolute Gasteiger partial charge is 1.00 e. The second kappa shape index (κ2) is 8.29. The summed E-state index contributed by atoms with van der Waals surface area (Å²) in [5, 5.41) is 18.6. The Balaban J connectivity index is 0. The second-order valence-corrected chi connectivity index (χ2v) is 2.36. The number of carboxylic acid groups (broad SMARTS) is 2. The van der Waals surface area contributed by atoms with Crippen LogP contribution >= 0.6 is 0 Å². The van der Waals surface area contributed by atoms with E-state index in [1.165, 1.54) is 6.08 Å². The van der Waals surface area contributed by atoms with E-state index in [2.05, 4.69) is 0 Å². The molecule has 1 N–H and O–H groups in total. The first-order valence-electron chi connectivity index (χ1n) is 3.67. The molecular formula is C8H11NaO4. The van der Waals surface area contributed by atoms with Gasteiger partial charge in [-0.3, -0.25) is 4.79 Å². The Labute approximate surface area is 98.9 Å². The van der Waals surface area contributed by atoms with Crippen LogP contribution < -0.4 is 34.7 Å². The molecule has 0 aliphatic rings. The van der Waals surface area contributed by atoms with Crippen LogP contribution in [0.25, 0.3) is 0 Å². The fourth-order valence-electron chi connectivity index (χ4n) is 0.718. The van der Waals surface area contributed by atoms with Gasteiger partial charge in [0.25, 0.3) is 0 Å². The topological polar surface area (TPSA) is 77.4 Å². The molecule has 0 aliphatic heterocycles. The van der Waals surface area contributed by atoms with Crippen molar-refractivity contribution in [2.24, 2.45) is 5.92 Å². The Hall–Kier alpha value is -0.320. The SMILES string of the molecule is CC/C=C/C(CC(=O)[O-])C(=O)O.[Na+]. The first-order chi connectivity index (χ1) is 5.57. The first kappa shape index (κ1) is 15.2. The van der Waals surface area contributed by atoms with Crippen molar-refractivity contribution < 1.29 is 49.4 Å². The third kappa shape index (κ3) is 8.02. The average Bonchev–Trinajstić information content (AvgIpc) is 1.96. The van der Waals surface area contributed by atoms with Crippen molar-refractivity contribution in [2.75, 3.05) is 0 Å². The maximum atomic E-state index is 10.4. The number of rotatable bonds is 5. The standard InChI is InChI=1S/C8H12O4.Na/c1-2-3-4-6(8(11)12)5-7(9)10;/h3-4,6H,2,5H2,1H3,(H,9,10)(H,11,12);/q;+1/p-1/b4-3+;. The van der Waals surface area contributed by atoms with Crippen molar-refractivity contribution in [1.82, 2.24) is 0 Å². The van der Waals surface area contributed by atoms with Crippen LogP contribution in [0.3, 0.4) is 0 Å². The van der Waals surface area contributed by atoms with Crippen LogP contribution in [0.2, 0.25) is 0 Å². The number of aliphatic carboxylic acids is 2. The molecule has 13 heavy (non-hydrogen) atoms. The van der Waals surface area contributed by atoms with E-state index >= 15 is 0 Å². The van der Waals surface area contributed by atoms with Gasteiger partial charge in [0.05, 0.1) is 5.92 Å². The Morgan fingerprint density at radius 1 is 1.54 bits per heavy atom. The molecule has 0 radical (unpaired) electrons. The predicted octanol–water partition coefficient (Wildman–Crippen LogP) is -3.20. The van der Waals surface area contributed by atoms with E-state index in [1.807, 2.05) is 6.92 Å². The smallest absolute Gasteiger partial charge is 0.550 e. The fraction of sp³-hybridized carbons (Fsp3) is 0.500. The van der Waals surface area contributed by atoms with E-state index in [-0.39, 0.29) is 29.6 Å². The zero-order valence-corrected chi connectivity index (χ0v) is 9.82. The van der Waals surface area contributed by atoms with Gasteiger partial charge in [-0.15, -0.1) is 0 Å². The van der Waals surface area contributed by atoms with Gasteiger partial charge in [0.15, 0.2) is 0 Å². The molecule has 0 aliphatic carbocycles. The number of hydrogen-bond donors (Lipinski definition) is 1. The zero-order chi connectivity index (χ0) is 9.56. The molecule has 0 heterocycles. The van der Waals surface area contributed by atoms with Crippen LogP contribution in [0.4, 0.5) is 0 Å². The molecule has 0 rings (SSSR count). The van der Waals surface area contributed by atoms with Crippen molar-refractivity contribution in [1.29, 1.82) is 0 Å². The van der Waals surface area contributed by atoms with Gasteiger partial charge in [-0.1, -0.05) is 19.1 Å². The van der Waals surface area contributed by atoms with Crippen LogP contribution in [-0.2, 0) is 9.59 Å². The summed E-state index contributed by atoms with van der Waals surface area (Å²) in [5.41, 5.74) is 0. The van der Waals surface area contributed by atoms with E-state index in [1.54, 1.807) is 6.08 Å². The molecule has 4 nitrogen and oxygen atoms in total. The molecule has 1 unspecified atom stereocenters. The van der Waals surface area contributed by atoms with E-state index in [4.69, 9.17) is 5.11 Å². The van der Waals surface area contributed by atoms with Crippen molar-refractivity contribution in [3.63, 3.8) is 0 Å². The van der Waals surface area contributed by atoms with Crippen LogP contribution in [0.5, 0.6) is 0 Å². The number of carboxylic acids is 2. The Kier molecular flexibility index (Phi) is 9.67. The van der Waals surface area contributed by atoms with Gasteiger partial charge < -0.3 is 15.0 Å². The number of carbonyl (C=O) groups is 2. The summed E-state index contributed by atoms with van der Waals surface area (Å²) in [6.45, 7) is 1.84. The van der Waals surface area contributed by atoms with Crippen molar-refractivity contribution in [3.8, 4) is 0 Å². The Morgan fingerprint density at radius 3 is 2.38 bits per heavy atom. The van der Waals surface area contributed by atoms with Gasteiger partial charge in [-0.05, 0) is 6.42 Å². The third-order valence-corrected chi connectivity index (χ3v) is 1.31. The third-order valence-electron chi connectivity index (χ3n) is 1.31. The number of carbonyl (C=O) groups excluding carboxylic acids is 1.